The zero-order valence-electron chi connectivity index (χ0n) is 9.83. The van der Waals surface area contributed by atoms with Crippen LogP contribution < -0.4 is 0 Å². The molecule has 0 aliphatic heterocycles. The lowest BCUT2D eigenvalue weighted by atomic mass is 9.90. The highest BCUT2D eigenvalue weighted by Gasteiger charge is 2.30. The Hall–Kier alpha value is -0.980. The molecule has 1 aromatic carbocycles. The summed E-state index contributed by atoms with van der Waals surface area (Å²) in [7, 11) is 0. The SMILES string of the molecule is CC(C)c1cccc([C@@H](C)C2CC2)c1O. The highest BCUT2D eigenvalue weighted by molar-refractivity contribution is 5.44. The van der Waals surface area contributed by atoms with Crippen LogP contribution in [0.3, 0.4) is 0 Å². The van der Waals surface area contributed by atoms with E-state index in [9.17, 15) is 5.11 Å². The van der Waals surface area contributed by atoms with Gasteiger partial charge in [-0.05, 0) is 41.7 Å². The molecule has 1 heteroatoms. The molecule has 1 saturated carbocycles. The van der Waals surface area contributed by atoms with Crippen molar-refractivity contribution in [2.45, 2.75) is 45.4 Å². The van der Waals surface area contributed by atoms with Crippen LogP contribution in [0.15, 0.2) is 18.2 Å². The van der Waals surface area contributed by atoms with Gasteiger partial charge in [-0.1, -0.05) is 39.0 Å². The maximum absolute atomic E-state index is 10.2. The third-order valence-corrected chi connectivity index (χ3v) is 3.54. The third-order valence-electron chi connectivity index (χ3n) is 3.54. The highest BCUT2D eigenvalue weighted by atomic mass is 16.3. The van der Waals surface area contributed by atoms with Gasteiger partial charge in [-0.3, -0.25) is 0 Å². The van der Waals surface area contributed by atoms with Crippen molar-refractivity contribution < 1.29 is 5.11 Å². The van der Waals surface area contributed by atoms with Crippen LogP contribution in [0.4, 0.5) is 0 Å². The Bertz CT molecular complexity index is 350. The predicted octanol–water partition coefficient (Wildman–Crippen LogP) is 4.03. The van der Waals surface area contributed by atoms with Gasteiger partial charge in [0.05, 0.1) is 0 Å². The van der Waals surface area contributed by atoms with Crippen LogP contribution in [-0.2, 0) is 0 Å². The van der Waals surface area contributed by atoms with Gasteiger partial charge in [-0.25, -0.2) is 0 Å². The number of phenolic OH excluding ortho intramolecular Hbond substituents is 1. The first-order valence-electron chi connectivity index (χ1n) is 5.93. The molecule has 0 heterocycles. The number of rotatable bonds is 3. The Labute approximate surface area is 92.1 Å². The fourth-order valence-electron chi connectivity index (χ4n) is 2.26. The molecule has 1 fully saturated rings. The quantitative estimate of drug-likeness (QED) is 0.788. The summed E-state index contributed by atoms with van der Waals surface area (Å²) in [5, 5.41) is 10.2. The lowest BCUT2D eigenvalue weighted by Gasteiger charge is -2.16. The molecule has 0 unspecified atom stereocenters. The number of phenols is 1. The van der Waals surface area contributed by atoms with Crippen LogP contribution in [0.25, 0.3) is 0 Å². The van der Waals surface area contributed by atoms with Crippen molar-refractivity contribution in [3.8, 4) is 5.75 Å². The Balaban J connectivity index is 2.34. The van der Waals surface area contributed by atoms with Gasteiger partial charge in [0, 0.05) is 0 Å². The molecular weight excluding hydrogens is 184 g/mol. The topological polar surface area (TPSA) is 20.2 Å². The Kier molecular flexibility index (Phi) is 2.72. The summed E-state index contributed by atoms with van der Waals surface area (Å²) >= 11 is 0. The molecule has 1 N–H and O–H groups in total. The van der Waals surface area contributed by atoms with Gasteiger partial charge in [0.1, 0.15) is 5.75 Å². The average Bonchev–Trinajstić information content (AvgIpc) is 3.00. The minimum Gasteiger partial charge on any atom is -0.507 e. The van der Waals surface area contributed by atoms with E-state index in [-0.39, 0.29) is 0 Å². The molecule has 0 bridgehead atoms. The van der Waals surface area contributed by atoms with Crippen molar-refractivity contribution in [1.29, 1.82) is 0 Å². The van der Waals surface area contributed by atoms with E-state index in [0.29, 0.717) is 17.6 Å². The van der Waals surface area contributed by atoms with Crippen molar-refractivity contribution in [2.24, 2.45) is 5.92 Å². The lowest BCUT2D eigenvalue weighted by Crippen LogP contribution is -1.99. The van der Waals surface area contributed by atoms with E-state index < -0.39 is 0 Å². The van der Waals surface area contributed by atoms with Crippen LogP contribution in [0, 0.1) is 5.92 Å². The fourth-order valence-corrected chi connectivity index (χ4v) is 2.26. The van der Waals surface area contributed by atoms with E-state index >= 15 is 0 Å². The normalized spacial score (nSPS) is 18.1. The third kappa shape index (κ3) is 2.01. The molecule has 1 aliphatic rings. The molecule has 1 atom stereocenters. The second kappa shape index (κ2) is 3.88. The summed E-state index contributed by atoms with van der Waals surface area (Å²) in [6.07, 6.45) is 2.65. The Morgan fingerprint density at radius 2 is 1.73 bits per heavy atom. The largest absolute Gasteiger partial charge is 0.507 e. The van der Waals surface area contributed by atoms with E-state index in [2.05, 4.69) is 32.9 Å². The van der Waals surface area contributed by atoms with Gasteiger partial charge in [0.25, 0.3) is 0 Å². The van der Waals surface area contributed by atoms with Gasteiger partial charge in [-0.2, -0.15) is 0 Å². The summed E-state index contributed by atoms with van der Waals surface area (Å²) in [4.78, 5) is 0. The molecule has 0 spiro atoms. The van der Waals surface area contributed by atoms with Gasteiger partial charge >= 0.3 is 0 Å². The van der Waals surface area contributed by atoms with Gasteiger partial charge in [0.2, 0.25) is 0 Å². The van der Waals surface area contributed by atoms with Gasteiger partial charge < -0.3 is 5.11 Å². The van der Waals surface area contributed by atoms with Crippen LogP contribution in [0.2, 0.25) is 0 Å². The van der Waals surface area contributed by atoms with Crippen molar-refractivity contribution in [3.05, 3.63) is 29.3 Å². The Morgan fingerprint density at radius 1 is 1.13 bits per heavy atom. The molecule has 0 amide bonds. The molecular formula is C14H20O. The van der Waals surface area contributed by atoms with Crippen molar-refractivity contribution in [3.63, 3.8) is 0 Å². The van der Waals surface area contributed by atoms with E-state index in [1.807, 2.05) is 6.07 Å². The second-order valence-electron chi connectivity index (χ2n) is 5.07. The van der Waals surface area contributed by atoms with E-state index in [0.717, 1.165) is 17.0 Å². The molecule has 0 aromatic heterocycles. The highest BCUT2D eigenvalue weighted by Crippen LogP contribution is 2.45. The summed E-state index contributed by atoms with van der Waals surface area (Å²) in [6.45, 7) is 6.48. The standard InChI is InChI=1S/C14H20O/c1-9(2)12-5-4-6-13(14(12)15)10(3)11-7-8-11/h4-6,9-11,15H,7-8H2,1-3H3/t10-/m0/s1. The van der Waals surface area contributed by atoms with E-state index in [1.165, 1.54) is 12.8 Å². The van der Waals surface area contributed by atoms with Crippen molar-refractivity contribution in [1.82, 2.24) is 0 Å². The molecule has 1 nitrogen and oxygen atoms in total. The van der Waals surface area contributed by atoms with Crippen LogP contribution in [0.1, 0.15) is 56.6 Å². The Morgan fingerprint density at radius 3 is 2.27 bits per heavy atom. The first-order chi connectivity index (χ1) is 7.11. The van der Waals surface area contributed by atoms with E-state index in [1.54, 1.807) is 0 Å². The van der Waals surface area contributed by atoms with Crippen LogP contribution in [0.5, 0.6) is 5.75 Å². The second-order valence-corrected chi connectivity index (χ2v) is 5.07. The summed E-state index contributed by atoms with van der Waals surface area (Å²) in [6, 6.07) is 6.18. The molecule has 15 heavy (non-hydrogen) atoms. The zero-order chi connectivity index (χ0) is 11.0. The number of aromatic hydroxyl groups is 1. The number of hydrogen-bond donors (Lipinski definition) is 1. The molecule has 0 saturated heterocycles. The maximum Gasteiger partial charge on any atom is 0.122 e. The summed E-state index contributed by atoms with van der Waals surface area (Å²) in [5.41, 5.74) is 2.23. The fraction of sp³-hybridized carbons (Fsp3) is 0.571. The first kappa shape index (κ1) is 10.5. The summed E-state index contributed by atoms with van der Waals surface area (Å²) < 4.78 is 0. The minimum absolute atomic E-state index is 0.399. The molecule has 1 aliphatic carbocycles. The summed E-state index contributed by atoms with van der Waals surface area (Å²) in [5.74, 6) is 2.25. The predicted molar refractivity (Wildman–Crippen MR) is 63.3 cm³/mol. The maximum atomic E-state index is 10.2. The molecule has 0 radical (unpaired) electrons. The number of para-hydroxylation sites is 1. The van der Waals surface area contributed by atoms with Crippen LogP contribution >= 0.6 is 0 Å². The van der Waals surface area contributed by atoms with Gasteiger partial charge in [0.15, 0.2) is 0 Å². The molecule has 82 valence electrons. The average molecular weight is 204 g/mol. The van der Waals surface area contributed by atoms with E-state index in [4.69, 9.17) is 0 Å². The van der Waals surface area contributed by atoms with Crippen molar-refractivity contribution in [2.75, 3.05) is 0 Å². The monoisotopic (exact) mass is 204 g/mol. The zero-order valence-corrected chi connectivity index (χ0v) is 9.83. The van der Waals surface area contributed by atoms with Gasteiger partial charge in [-0.15, -0.1) is 0 Å². The first-order valence-corrected chi connectivity index (χ1v) is 5.93. The lowest BCUT2D eigenvalue weighted by molar-refractivity contribution is 0.448. The minimum atomic E-state index is 0.399. The van der Waals surface area contributed by atoms with Crippen molar-refractivity contribution >= 4 is 0 Å². The molecule has 2 rings (SSSR count). The molecule has 1 aromatic rings. The smallest absolute Gasteiger partial charge is 0.122 e. The number of benzene rings is 1. The number of hydrogen-bond acceptors (Lipinski definition) is 1. The van der Waals surface area contributed by atoms with Crippen LogP contribution in [-0.4, -0.2) is 5.11 Å².